The van der Waals surface area contributed by atoms with Gasteiger partial charge in [-0.1, -0.05) is 35.4 Å². The molecule has 0 spiro atoms. The molecule has 1 heterocycles. The normalized spacial score (nSPS) is 21.7. The Hall–Kier alpha value is -1.08. The predicted octanol–water partition coefficient (Wildman–Crippen LogP) is 3.18. The molecule has 0 bridgehead atoms. The standard InChI is InChI=1S/C17H20Cl2N2O3S/c18-15-6-5-14(12-16(15)19)25(23,24)21-9-7-20(8-10-21)17(22)11-13-3-1-2-4-13/h1,3,5-6,12-13H,2,4,7-11H2/t13-/m0/s1. The number of carbonyl (C=O) groups excluding carboxylic acids is 1. The fourth-order valence-electron chi connectivity index (χ4n) is 3.18. The minimum absolute atomic E-state index is 0.100. The van der Waals surface area contributed by atoms with Crippen molar-refractivity contribution < 1.29 is 13.2 Å². The Morgan fingerprint density at radius 1 is 1.12 bits per heavy atom. The first kappa shape index (κ1) is 18.7. The second-order valence-electron chi connectivity index (χ2n) is 6.33. The van der Waals surface area contributed by atoms with Gasteiger partial charge >= 0.3 is 0 Å². The predicted molar refractivity (Wildman–Crippen MR) is 98.3 cm³/mol. The van der Waals surface area contributed by atoms with Crippen LogP contribution in [0.1, 0.15) is 19.3 Å². The molecule has 8 heteroatoms. The lowest BCUT2D eigenvalue weighted by Crippen LogP contribution is -2.50. The Labute approximate surface area is 158 Å². The summed E-state index contributed by atoms with van der Waals surface area (Å²) in [6, 6.07) is 4.29. The third kappa shape index (κ3) is 4.19. The molecule has 2 aliphatic rings. The molecule has 1 aliphatic carbocycles. The van der Waals surface area contributed by atoms with Crippen molar-refractivity contribution in [1.29, 1.82) is 0 Å². The third-order valence-electron chi connectivity index (χ3n) is 4.67. The van der Waals surface area contributed by atoms with Crippen LogP contribution in [0.5, 0.6) is 0 Å². The minimum Gasteiger partial charge on any atom is -0.340 e. The zero-order valence-electron chi connectivity index (χ0n) is 13.7. The van der Waals surface area contributed by atoms with Crippen molar-refractivity contribution in [3.05, 3.63) is 40.4 Å². The average Bonchev–Trinajstić information content (AvgIpc) is 3.10. The largest absolute Gasteiger partial charge is 0.340 e. The van der Waals surface area contributed by atoms with E-state index in [1.54, 1.807) is 4.90 Å². The summed E-state index contributed by atoms with van der Waals surface area (Å²) in [4.78, 5) is 14.2. The fraction of sp³-hybridized carbons (Fsp3) is 0.471. The van der Waals surface area contributed by atoms with Gasteiger partial charge in [0.25, 0.3) is 0 Å². The van der Waals surface area contributed by atoms with E-state index in [1.807, 2.05) is 0 Å². The number of piperazine rings is 1. The van der Waals surface area contributed by atoms with Gasteiger partial charge in [0.15, 0.2) is 0 Å². The lowest BCUT2D eigenvalue weighted by Gasteiger charge is -2.34. The van der Waals surface area contributed by atoms with Crippen molar-refractivity contribution >= 4 is 39.1 Å². The first-order valence-corrected chi connectivity index (χ1v) is 10.5. The van der Waals surface area contributed by atoms with Gasteiger partial charge in [-0.15, -0.1) is 0 Å². The molecule has 1 amide bonds. The third-order valence-corrected chi connectivity index (χ3v) is 7.30. The van der Waals surface area contributed by atoms with Crippen molar-refractivity contribution in [2.24, 2.45) is 5.92 Å². The molecule has 3 rings (SSSR count). The Morgan fingerprint density at radius 2 is 1.84 bits per heavy atom. The second-order valence-corrected chi connectivity index (χ2v) is 9.08. The first-order chi connectivity index (χ1) is 11.9. The highest BCUT2D eigenvalue weighted by atomic mass is 35.5. The summed E-state index contributed by atoms with van der Waals surface area (Å²) in [5, 5.41) is 0.526. The van der Waals surface area contributed by atoms with Crippen molar-refractivity contribution in [1.82, 2.24) is 9.21 Å². The number of nitrogens with zero attached hydrogens (tertiary/aromatic N) is 2. The van der Waals surface area contributed by atoms with Crippen LogP contribution >= 0.6 is 23.2 Å². The summed E-state index contributed by atoms with van der Waals surface area (Å²) >= 11 is 11.8. The molecule has 0 unspecified atom stereocenters. The number of amides is 1. The molecule has 136 valence electrons. The number of rotatable bonds is 4. The summed E-state index contributed by atoms with van der Waals surface area (Å²) in [6.45, 7) is 1.40. The van der Waals surface area contributed by atoms with Gasteiger partial charge in [-0.05, 0) is 37.0 Å². The maximum absolute atomic E-state index is 12.7. The number of sulfonamides is 1. The van der Waals surface area contributed by atoms with E-state index in [0.717, 1.165) is 12.8 Å². The lowest BCUT2D eigenvalue weighted by atomic mass is 10.0. The Bertz CT molecular complexity index is 787. The number of hydrogen-bond donors (Lipinski definition) is 0. The Kier molecular flexibility index (Phi) is 5.73. The van der Waals surface area contributed by atoms with Gasteiger partial charge in [0.1, 0.15) is 0 Å². The zero-order valence-corrected chi connectivity index (χ0v) is 16.0. The van der Waals surface area contributed by atoms with Gasteiger partial charge in [-0.2, -0.15) is 4.31 Å². The highest BCUT2D eigenvalue weighted by molar-refractivity contribution is 7.89. The van der Waals surface area contributed by atoms with Crippen LogP contribution in [0.4, 0.5) is 0 Å². The molecular formula is C17H20Cl2N2O3S. The highest BCUT2D eigenvalue weighted by Crippen LogP contribution is 2.27. The maximum Gasteiger partial charge on any atom is 0.243 e. The van der Waals surface area contributed by atoms with Gasteiger partial charge in [-0.25, -0.2) is 8.42 Å². The number of hydrogen-bond acceptors (Lipinski definition) is 3. The number of halogens is 2. The van der Waals surface area contributed by atoms with E-state index in [0.29, 0.717) is 30.5 Å². The Morgan fingerprint density at radius 3 is 2.44 bits per heavy atom. The Balaban J connectivity index is 1.61. The van der Waals surface area contributed by atoms with Crippen molar-refractivity contribution in [2.75, 3.05) is 26.2 Å². The van der Waals surface area contributed by atoms with E-state index in [1.165, 1.54) is 22.5 Å². The van der Waals surface area contributed by atoms with Gasteiger partial charge in [0, 0.05) is 32.6 Å². The zero-order chi connectivity index (χ0) is 18.0. The fourth-order valence-corrected chi connectivity index (χ4v) is 4.99. The van der Waals surface area contributed by atoms with Crippen molar-refractivity contribution in [3.8, 4) is 0 Å². The van der Waals surface area contributed by atoms with Crippen molar-refractivity contribution in [3.63, 3.8) is 0 Å². The lowest BCUT2D eigenvalue weighted by molar-refractivity contribution is -0.133. The molecule has 1 fully saturated rings. The SMILES string of the molecule is O=C(C[C@H]1C=CCC1)N1CCN(S(=O)(=O)c2ccc(Cl)c(Cl)c2)CC1. The molecule has 1 aliphatic heterocycles. The second kappa shape index (κ2) is 7.66. The van der Waals surface area contributed by atoms with Crippen LogP contribution < -0.4 is 0 Å². The van der Waals surface area contributed by atoms with Crippen LogP contribution in [0.15, 0.2) is 35.2 Å². The van der Waals surface area contributed by atoms with E-state index in [2.05, 4.69) is 12.2 Å². The van der Waals surface area contributed by atoms with E-state index in [4.69, 9.17) is 23.2 Å². The monoisotopic (exact) mass is 402 g/mol. The molecular weight excluding hydrogens is 383 g/mol. The highest BCUT2D eigenvalue weighted by Gasteiger charge is 2.31. The topological polar surface area (TPSA) is 57.7 Å². The molecule has 1 atom stereocenters. The maximum atomic E-state index is 12.7. The molecule has 0 N–H and O–H groups in total. The molecule has 1 saturated heterocycles. The minimum atomic E-state index is -3.63. The average molecular weight is 403 g/mol. The quantitative estimate of drug-likeness (QED) is 0.726. The summed E-state index contributed by atoms with van der Waals surface area (Å²) < 4.78 is 26.8. The molecule has 0 aromatic heterocycles. The molecule has 1 aromatic rings. The van der Waals surface area contributed by atoms with Crippen LogP contribution in [0.3, 0.4) is 0 Å². The number of carbonyl (C=O) groups is 1. The van der Waals surface area contributed by atoms with Crippen LogP contribution in [-0.4, -0.2) is 49.7 Å². The summed E-state index contributed by atoms with van der Waals surface area (Å²) in [6.07, 6.45) is 6.78. The number of benzene rings is 1. The van der Waals surface area contributed by atoms with Gasteiger partial charge in [0.2, 0.25) is 15.9 Å². The van der Waals surface area contributed by atoms with Crippen LogP contribution in [0.2, 0.25) is 10.0 Å². The summed E-state index contributed by atoms with van der Waals surface area (Å²) in [7, 11) is -3.63. The molecule has 1 aromatic carbocycles. The first-order valence-electron chi connectivity index (χ1n) is 8.27. The van der Waals surface area contributed by atoms with Gasteiger partial charge < -0.3 is 4.90 Å². The molecule has 25 heavy (non-hydrogen) atoms. The molecule has 0 saturated carbocycles. The molecule has 5 nitrogen and oxygen atoms in total. The van der Waals surface area contributed by atoms with Gasteiger partial charge in [0.05, 0.1) is 14.9 Å². The van der Waals surface area contributed by atoms with Crippen LogP contribution in [-0.2, 0) is 14.8 Å². The van der Waals surface area contributed by atoms with Crippen LogP contribution in [0.25, 0.3) is 0 Å². The van der Waals surface area contributed by atoms with Crippen LogP contribution in [0, 0.1) is 5.92 Å². The number of allylic oxidation sites excluding steroid dienone is 2. The smallest absolute Gasteiger partial charge is 0.243 e. The molecule has 0 radical (unpaired) electrons. The van der Waals surface area contributed by atoms with E-state index in [9.17, 15) is 13.2 Å². The summed E-state index contributed by atoms with van der Waals surface area (Å²) in [5.74, 6) is 0.425. The van der Waals surface area contributed by atoms with E-state index < -0.39 is 10.0 Å². The van der Waals surface area contributed by atoms with E-state index >= 15 is 0 Å². The van der Waals surface area contributed by atoms with Gasteiger partial charge in [-0.3, -0.25) is 4.79 Å². The van der Waals surface area contributed by atoms with E-state index in [-0.39, 0.29) is 28.9 Å². The van der Waals surface area contributed by atoms with Crippen molar-refractivity contribution in [2.45, 2.75) is 24.2 Å². The summed E-state index contributed by atoms with van der Waals surface area (Å²) in [5.41, 5.74) is 0.